The summed E-state index contributed by atoms with van der Waals surface area (Å²) in [7, 11) is 3.99. The number of rotatable bonds is 7. The Morgan fingerprint density at radius 1 is 0.961 bits per heavy atom. The van der Waals surface area contributed by atoms with Gasteiger partial charge in [-0.3, -0.25) is 24.2 Å². The minimum Gasteiger partial charge on any atom is -0.445 e. The third-order valence-electron chi connectivity index (χ3n) is 12.3. The molecule has 6 aliphatic heterocycles. The fourth-order valence-corrected chi connectivity index (χ4v) is 9.53. The lowest BCUT2D eigenvalue weighted by Gasteiger charge is -2.41. The minimum absolute atomic E-state index is 0.00187. The van der Waals surface area contributed by atoms with Gasteiger partial charge in [-0.15, -0.1) is 0 Å². The van der Waals surface area contributed by atoms with E-state index in [1.165, 1.54) is 0 Å². The number of ether oxygens (including phenoxy) is 1. The number of carbonyl (C=O) groups is 3. The quantitative estimate of drug-likeness (QED) is 0.379. The minimum atomic E-state index is -0.620. The van der Waals surface area contributed by atoms with Gasteiger partial charge in [-0.25, -0.2) is 0 Å². The van der Waals surface area contributed by atoms with Crippen molar-refractivity contribution in [3.8, 4) is 22.8 Å². The van der Waals surface area contributed by atoms with Gasteiger partial charge in [0, 0.05) is 82.0 Å². The second-order valence-electron chi connectivity index (χ2n) is 15.8. The molecule has 5 fully saturated rings. The lowest BCUT2D eigenvalue weighted by atomic mass is 9.84. The van der Waals surface area contributed by atoms with E-state index in [1.807, 2.05) is 45.9 Å². The van der Waals surface area contributed by atoms with Crippen molar-refractivity contribution in [3.63, 3.8) is 0 Å². The normalized spacial score (nSPS) is 30.5. The zero-order valence-corrected chi connectivity index (χ0v) is 30.9. The third kappa shape index (κ3) is 6.84. The van der Waals surface area contributed by atoms with Crippen LogP contribution in [0.1, 0.15) is 63.4 Å². The van der Waals surface area contributed by atoms with Crippen LogP contribution in [0.5, 0.6) is 0 Å². The van der Waals surface area contributed by atoms with Gasteiger partial charge in [0.25, 0.3) is 5.91 Å². The first-order valence-electron chi connectivity index (χ1n) is 19.0. The van der Waals surface area contributed by atoms with Gasteiger partial charge in [0.1, 0.15) is 17.8 Å². The molecule has 12 nitrogen and oxygen atoms in total. The fourth-order valence-electron chi connectivity index (χ4n) is 9.36. The number of amides is 3. The summed E-state index contributed by atoms with van der Waals surface area (Å²) in [6.07, 6.45) is 7.54. The number of aromatic nitrogens is 2. The number of aromatic amines is 1. The molecule has 51 heavy (non-hydrogen) atoms. The van der Waals surface area contributed by atoms with Crippen molar-refractivity contribution in [2.24, 2.45) is 18.9 Å². The Morgan fingerprint density at radius 2 is 1.75 bits per heavy atom. The number of likely N-dealkylation sites (tertiary alicyclic amines) is 1. The van der Waals surface area contributed by atoms with E-state index in [0.717, 1.165) is 80.0 Å². The summed E-state index contributed by atoms with van der Waals surface area (Å²) in [5, 5.41) is 7.51. The maximum absolute atomic E-state index is 15.1. The maximum Gasteiger partial charge on any atom is 0.252 e. The van der Waals surface area contributed by atoms with Crippen molar-refractivity contribution in [2.45, 2.75) is 82.0 Å². The van der Waals surface area contributed by atoms with Crippen LogP contribution in [0.15, 0.2) is 28.8 Å². The predicted molar refractivity (Wildman–Crippen MR) is 193 cm³/mol. The number of nitrogens with zero attached hydrogens (tertiary/aromatic N) is 5. The molecule has 0 bridgehead atoms. The summed E-state index contributed by atoms with van der Waals surface area (Å²) in [5.41, 5.74) is 2.75. The number of aryl methyl sites for hydroxylation is 1. The maximum atomic E-state index is 15.1. The molecule has 7 aliphatic rings. The van der Waals surface area contributed by atoms with Gasteiger partial charge >= 0.3 is 0 Å². The molecule has 2 N–H and O–H groups in total. The first kappa shape index (κ1) is 34.7. The zero-order chi connectivity index (χ0) is 35.4. The van der Waals surface area contributed by atoms with Gasteiger partial charge in [0.05, 0.1) is 18.2 Å². The Bertz CT molecular complexity index is 1690. The van der Waals surface area contributed by atoms with Crippen LogP contribution in [-0.4, -0.2) is 131 Å². The fraction of sp³-hybridized carbons (Fsp3) is 0.658. The van der Waals surface area contributed by atoms with Gasteiger partial charge in [-0.2, -0.15) is 0 Å². The molecular weight excluding hydrogens is 670 g/mol. The molecule has 0 radical (unpaired) electrons. The number of hydrogen-bond donors (Lipinski definition) is 2. The van der Waals surface area contributed by atoms with Crippen molar-refractivity contribution in [3.05, 3.63) is 35.0 Å². The van der Waals surface area contributed by atoms with E-state index in [0.29, 0.717) is 56.7 Å². The van der Waals surface area contributed by atoms with Crippen LogP contribution in [0.2, 0.25) is 5.02 Å². The van der Waals surface area contributed by atoms with Gasteiger partial charge in [-0.1, -0.05) is 24.6 Å². The summed E-state index contributed by atoms with van der Waals surface area (Å²) < 4.78 is 13.6. The van der Waals surface area contributed by atoms with E-state index in [2.05, 4.69) is 34.2 Å². The number of benzene rings is 1. The highest BCUT2D eigenvalue weighted by Crippen LogP contribution is 2.45. The summed E-state index contributed by atoms with van der Waals surface area (Å²) in [5.74, 6) is 1.70. The van der Waals surface area contributed by atoms with E-state index in [-0.39, 0.29) is 35.7 Å². The summed E-state index contributed by atoms with van der Waals surface area (Å²) in [6.45, 7) is 7.23. The molecule has 0 aromatic heterocycles. The highest BCUT2D eigenvalue weighted by atomic mass is 35.5. The van der Waals surface area contributed by atoms with Crippen LogP contribution in [0.25, 0.3) is 22.8 Å². The molecular formula is C38H52ClN7O5. The lowest BCUT2D eigenvalue weighted by Crippen LogP contribution is -2.54. The van der Waals surface area contributed by atoms with E-state index in [4.69, 9.17) is 20.8 Å². The van der Waals surface area contributed by atoms with Crippen LogP contribution in [0, 0.1) is 11.8 Å². The molecule has 13 heteroatoms. The predicted octanol–water partition coefficient (Wildman–Crippen LogP) is 4.00. The number of carbonyl (C=O) groups excluding carboxylic acids is 3. The van der Waals surface area contributed by atoms with E-state index in [9.17, 15) is 9.59 Å². The first-order chi connectivity index (χ1) is 24.7. The van der Waals surface area contributed by atoms with Gasteiger partial charge in [0.15, 0.2) is 11.5 Å². The highest BCUT2D eigenvalue weighted by Gasteiger charge is 2.50. The molecule has 1 saturated carbocycles. The Balaban J connectivity index is 1.12. The van der Waals surface area contributed by atoms with Crippen molar-refractivity contribution >= 4 is 29.3 Å². The second-order valence-corrected chi connectivity index (χ2v) is 16.2. The zero-order valence-electron chi connectivity index (χ0n) is 30.1. The van der Waals surface area contributed by atoms with E-state index < -0.39 is 18.1 Å². The topological polar surface area (TPSA) is 119 Å². The Kier molecular flexibility index (Phi) is 9.71. The summed E-state index contributed by atoms with van der Waals surface area (Å²) in [6, 6.07) is 5.08. The molecule has 1 aromatic rings. The monoisotopic (exact) mass is 721 g/mol. The van der Waals surface area contributed by atoms with Crippen molar-refractivity contribution < 1.29 is 23.5 Å². The smallest absolute Gasteiger partial charge is 0.252 e. The number of H-pyrrole nitrogens is 1. The van der Waals surface area contributed by atoms with Crippen LogP contribution in [-0.2, 0) is 26.2 Å². The highest BCUT2D eigenvalue weighted by molar-refractivity contribution is 6.31. The van der Waals surface area contributed by atoms with Gasteiger partial charge in [0.2, 0.25) is 11.8 Å². The lowest BCUT2D eigenvalue weighted by molar-refractivity contribution is -0.148. The average Bonchev–Trinajstić information content (AvgIpc) is 3.52. The largest absolute Gasteiger partial charge is 0.445 e. The van der Waals surface area contributed by atoms with Crippen molar-refractivity contribution in [1.82, 2.24) is 34.7 Å². The van der Waals surface area contributed by atoms with E-state index in [1.54, 1.807) is 0 Å². The molecule has 0 unspecified atom stereocenters. The molecule has 8 rings (SSSR count). The number of halogens is 1. The Hall–Kier alpha value is -3.32. The number of piperazine rings is 1. The van der Waals surface area contributed by atoms with Crippen LogP contribution in [0.3, 0.4) is 0 Å². The number of fused-ring (bicyclic) bond motifs is 1. The Morgan fingerprint density at radius 3 is 2.49 bits per heavy atom. The summed E-state index contributed by atoms with van der Waals surface area (Å²) in [4.78, 5) is 52.0. The van der Waals surface area contributed by atoms with Crippen molar-refractivity contribution in [2.75, 3.05) is 59.5 Å². The molecule has 3 amide bonds. The molecule has 0 spiro atoms. The molecule has 4 saturated heterocycles. The molecule has 1 aliphatic carbocycles. The van der Waals surface area contributed by atoms with Crippen LogP contribution >= 0.6 is 11.6 Å². The first-order valence-corrected chi connectivity index (χ1v) is 19.4. The van der Waals surface area contributed by atoms with Gasteiger partial charge in [-0.05, 0) is 75.6 Å². The molecule has 276 valence electrons. The van der Waals surface area contributed by atoms with Gasteiger partial charge < -0.3 is 34.1 Å². The average molecular weight is 722 g/mol. The Labute approximate surface area is 305 Å². The molecule has 5 atom stereocenters. The molecule has 6 heterocycles. The number of nitrogens with one attached hydrogen (secondary N) is 2. The number of likely N-dealkylation sites (N-methyl/N-ethyl adjacent to an activating group) is 1. The second kappa shape index (κ2) is 14.2. The standard InChI is InChI=1S/C38H52ClN7O5/c1-23-6-9-25(10-7-23)46(38(49)32-5-4-16-50-32)26-18-31(37(48)44-14-12-42(2)13-15-44)45(21-26)36(47)30-20-40-19-29(30)27-11-8-24(39)17-28(27)34-35-33(51-35)22-43(3)41-34/h8,11,17,22-23,25-26,29-32,40-41H,4-7,9-10,12-16,18-21H2,1-3H3/t23?,25?,26-,29-,30+,31-,32-/m0/s1. The summed E-state index contributed by atoms with van der Waals surface area (Å²) >= 11 is 6.57. The third-order valence-corrected chi connectivity index (χ3v) is 12.6. The van der Waals surface area contributed by atoms with Crippen LogP contribution < -0.4 is 5.32 Å². The SMILES string of the molecule is CC1CCC(N(C(=O)[C@@H]2CCCO2)[C@H]2C[C@@H](C(=O)N3CCN(C)CC3)N(C(=O)[C@@H]3CNC[C@H]3c3ccc(Cl)cc3-c3[nH]n(C)cc4oc3-4)C2)CC1. The van der Waals surface area contributed by atoms with E-state index >= 15 is 4.79 Å². The van der Waals surface area contributed by atoms with Crippen molar-refractivity contribution in [1.29, 1.82) is 0 Å². The number of hydrogen-bond acceptors (Lipinski definition) is 7. The molecule has 1 aromatic carbocycles. The van der Waals surface area contributed by atoms with Crippen LogP contribution in [0.4, 0.5) is 0 Å².